The number of benzene rings is 1. The Labute approximate surface area is 204 Å². The highest BCUT2D eigenvalue weighted by atomic mass is 15.2. The molecule has 3 aromatic rings. The average Bonchev–Trinajstić information content (AvgIpc) is 3.23. The second kappa shape index (κ2) is 9.83. The van der Waals surface area contributed by atoms with Crippen molar-refractivity contribution in [3.8, 4) is 0 Å². The zero-order valence-electron chi connectivity index (χ0n) is 18.7. The van der Waals surface area contributed by atoms with Crippen molar-refractivity contribution in [3.05, 3.63) is 17.1 Å². The molecule has 4 rings (SSSR count). The summed E-state index contributed by atoms with van der Waals surface area (Å²) >= 11 is 0. The lowest BCUT2D eigenvalue weighted by molar-refractivity contribution is 0.160. The van der Waals surface area contributed by atoms with Crippen LogP contribution in [0.25, 0.3) is 11.0 Å². The molecule has 0 saturated heterocycles. The average molecular weight is 418 g/mol. The van der Waals surface area contributed by atoms with Crippen molar-refractivity contribution in [1.82, 2.24) is 19.9 Å². The number of rotatable bonds is 7. The summed E-state index contributed by atoms with van der Waals surface area (Å²) in [5.41, 5.74) is 11.0. The predicted molar refractivity (Wildman–Crippen MR) is 142 cm³/mol. The molecule has 3 N–H and O–H groups in total. The van der Waals surface area contributed by atoms with Crippen molar-refractivity contribution in [1.29, 1.82) is 0 Å². The molecule has 150 valence electrons. The fraction of sp³-hybridized carbons (Fsp3) is 0.429. The Morgan fingerprint density at radius 3 is 2.33 bits per heavy atom. The predicted octanol–water partition coefficient (Wildman–Crippen LogP) is -4.87. The van der Waals surface area contributed by atoms with E-state index in [2.05, 4.69) is 14.9 Å². The number of hydrogen-bond acceptors (Lipinski definition) is 4. The third-order valence-corrected chi connectivity index (χ3v) is 6.50. The van der Waals surface area contributed by atoms with E-state index in [-0.39, 0.29) is 22.6 Å². The molecular weight excluding hydrogens is 398 g/mol. The van der Waals surface area contributed by atoms with Gasteiger partial charge < -0.3 is 10.7 Å². The van der Waals surface area contributed by atoms with Crippen molar-refractivity contribution in [3.63, 3.8) is 0 Å². The monoisotopic (exact) mass is 419 g/mol. The Balaban J connectivity index is 1.73. The quantitative estimate of drug-likeness (QED) is 0.299. The van der Waals surface area contributed by atoms with Crippen LogP contribution in [0.5, 0.6) is 0 Å². The van der Waals surface area contributed by atoms with Crippen molar-refractivity contribution in [2.75, 3.05) is 13.1 Å². The minimum Gasteiger partial charge on any atom is -0.341 e. The van der Waals surface area contributed by atoms with Gasteiger partial charge in [-0.2, -0.15) is 0 Å². The number of nitrogens with zero attached hydrogens (tertiary/aromatic N) is 3. The number of aromatic amines is 1. The van der Waals surface area contributed by atoms with Gasteiger partial charge in [0, 0.05) is 0 Å². The standard InChI is InChI=1S/C21H20B7N5/c22-12-9-4-3-5-10(18(9)32-21(28)17(12)27)33(7-2-1-6-29)8-11-30-19-15(25)13(23)14(24)16(26)20(19)31-11/h10H,1-8,29H2,(H,30,31)/t10-/m0/s1. The van der Waals surface area contributed by atoms with Crippen LogP contribution in [0.2, 0.25) is 0 Å². The largest absolute Gasteiger partial charge is 0.341 e. The third-order valence-electron chi connectivity index (χ3n) is 6.50. The van der Waals surface area contributed by atoms with Gasteiger partial charge in [-0.25, -0.2) is 4.98 Å². The lowest BCUT2D eigenvalue weighted by Crippen LogP contribution is -2.47. The van der Waals surface area contributed by atoms with Crippen LogP contribution < -0.4 is 44.1 Å². The zero-order valence-corrected chi connectivity index (χ0v) is 18.7. The zero-order chi connectivity index (χ0) is 23.9. The molecule has 0 unspecified atom stereocenters. The van der Waals surface area contributed by atoms with Crippen LogP contribution in [-0.4, -0.2) is 87.9 Å². The normalized spacial score (nSPS) is 15.9. The van der Waals surface area contributed by atoms with Crippen molar-refractivity contribution >= 4 is 104 Å². The molecule has 0 fully saturated rings. The van der Waals surface area contributed by atoms with E-state index in [1.807, 2.05) is 0 Å². The number of nitrogens with one attached hydrogen (secondary N) is 1. The lowest BCUT2D eigenvalue weighted by atomic mass is 9.66. The lowest BCUT2D eigenvalue weighted by Gasteiger charge is -2.36. The fourth-order valence-corrected chi connectivity index (χ4v) is 4.63. The summed E-state index contributed by atoms with van der Waals surface area (Å²) in [4.78, 5) is 14.9. The Bertz CT molecular complexity index is 1150. The molecule has 1 atom stereocenters. The van der Waals surface area contributed by atoms with E-state index in [0.29, 0.717) is 51.8 Å². The van der Waals surface area contributed by atoms with Gasteiger partial charge in [-0.3, -0.25) is 9.88 Å². The first-order valence-corrected chi connectivity index (χ1v) is 11.1. The minimum atomic E-state index is 0.00905. The highest BCUT2D eigenvalue weighted by molar-refractivity contribution is 6.66. The van der Waals surface area contributed by atoms with E-state index in [4.69, 9.17) is 65.6 Å². The number of H-pyrrole nitrogens is 1. The van der Waals surface area contributed by atoms with Crippen LogP contribution in [0.4, 0.5) is 0 Å². The van der Waals surface area contributed by atoms with Crippen LogP contribution in [0.3, 0.4) is 0 Å². The Hall–Kier alpha value is -1.79. The van der Waals surface area contributed by atoms with Gasteiger partial charge in [0.2, 0.25) is 0 Å². The number of hydrogen-bond donors (Lipinski definition) is 2. The highest BCUT2D eigenvalue weighted by Gasteiger charge is 2.29. The fourth-order valence-electron chi connectivity index (χ4n) is 4.63. The molecule has 1 aliphatic rings. The van der Waals surface area contributed by atoms with Gasteiger partial charge >= 0.3 is 0 Å². The molecule has 2 heterocycles. The maximum Gasteiger partial charge on any atom is 0.140 e. The summed E-state index contributed by atoms with van der Waals surface area (Å²) in [7, 11) is 42.8. The molecule has 0 amide bonds. The van der Waals surface area contributed by atoms with Gasteiger partial charge in [0.15, 0.2) is 0 Å². The van der Waals surface area contributed by atoms with Gasteiger partial charge in [-0.05, 0) is 56.4 Å². The number of unbranched alkanes of at least 4 members (excludes halogenated alkanes) is 1. The van der Waals surface area contributed by atoms with Gasteiger partial charge in [-0.1, -0.05) is 21.9 Å². The van der Waals surface area contributed by atoms with Crippen molar-refractivity contribution in [2.24, 2.45) is 5.73 Å². The van der Waals surface area contributed by atoms with E-state index in [9.17, 15) is 0 Å². The number of nitrogens with two attached hydrogens (primary N) is 1. The minimum absolute atomic E-state index is 0.00905. The molecule has 12 heteroatoms. The van der Waals surface area contributed by atoms with Crippen LogP contribution in [0, 0.1) is 0 Å². The maximum absolute atomic E-state index is 6.30. The third kappa shape index (κ3) is 4.49. The first-order chi connectivity index (χ1) is 15.7. The van der Waals surface area contributed by atoms with E-state index >= 15 is 0 Å². The Morgan fingerprint density at radius 1 is 0.879 bits per heavy atom. The van der Waals surface area contributed by atoms with Crippen LogP contribution in [0.1, 0.15) is 48.8 Å². The van der Waals surface area contributed by atoms with Gasteiger partial charge in [0.05, 0.1) is 29.3 Å². The number of aromatic nitrogens is 3. The van der Waals surface area contributed by atoms with Gasteiger partial charge in [0.1, 0.15) is 60.7 Å². The Kier molecular flexibility index (Phi) is 7.25. The summed E-state index contributed by atoms with van der Waals surface area (Å²) in [6.07, 6.45) is 4.53. The van der Waals surface area contributed by atoms with E-state index in [0.717, 1.165) is 49.9 Å². The molecule has 14 radical (unpaired) electrons. The maximum atomic E-state index is 6.30. The summed E-state index contributed by atoms with van der Waals surface area (Å²) in [5, 5.41) is 0. The number of imidazole rings is 1. The molecule has 0 spiro atoms. The molecule has 2 aromatic heterocycles. The van der Waals surface area contributed by atoms with E-state index in [1.165, 1.54) is 0 Å². The van der Waals surface area contributed by atoms with E-state index < -0.39 is 0 Å². The molecule has 0 bridgehead atoms. The summed E-state index contributed by atoms with van der Waals surface area (Å²) in [6.45, 7) is 1.92. The SMILES string of the molecule is [B]c1nc2c(c([B])c1[B])CCC[C@@H]2N(CCCCN)Cc1nc2c([B])c([B])c([B])c([B])c2[nH]1. The second-order valence-corrected chi connectivity index (χ2v) is 8.62. The van der Waals surface area contributed by atoms with Crippen molar-refractivity contribution < 1.29 is 0 Å². The summed E-state index contributed by atoms with van der Waals surface area (Å²) in [5.74, 6) is 0.699. The summed E-state index contributed by atoms with van der Waals surface area (Å²) in [6, 6.07) is 0.00905. The van der Waals surface area contributed by atoms with Gasteiger partial charge in [0.25, 0.3) is 0 Å². The van der Waals surface area contributed by atoms with Crippen LogP contribution in [-0.2, 0) is 13.0 Å². The molecule has 0 saturated carbocycles. The smallest absolute Gasteiger partial charge is 0.140 e. The second-order valence-electron chi connectivity index (χ2n) is 8.62. The van der Waals surface area contributed by atoms with Crippen LogP contribution >= 0.6 is 0 Å². The molecular formula is C21H20B7N5. The number of fused-ring (bicyclic) bond motifs is 2. The molecule has 0 aliphatic heterocycles. The molecule has 1 aromatic carbocycles. The summed E-state index contributed by atoms with van der Waals surface area (Å²) < 4.78 is 0. The first-order valence-electron chi connectivity index (χ1n) is 11.1. The topological polar surface area (TPSA) is 70.8 Å². The molecule has 1 aliphatic carbocycles. The first kappa shape index (κ1) is 24.3. The molecule has 5 nitrogen and oxygen atoms in total. The van der Waals surface area contributed by atoms with Crippen molar-refractivity contribution in [2.45, 2.75) is 44.7 Å². The molecule has 33 heavy (non-hydrogen) atoms. The van der Waals surface area contributed by atoms with Gasteiger partial charge in [-0.15, -0.1) is 10.9 Å². The van der Waals surface area contributed by atoms with E-state index in [1.54, 1.807) is 0 Å². The number of pyridine rings is 1. The highest BCUT2D eigenvalue weighted by Crippen LogP contribution is 2.32. The van der Waals surface area contributed by atoms with Crippen LogP contribution in [0.15, 0.2) is 0 Å². The Morgan fingerprint density at radius 2 is 1.61 bits per heavy atom.